The Morgan fingerprint density at radius 2 is 2.07 bits per heavy atom. The minimum Gasteiger partial charge on any atom is -0.397 e. The minimum absolute atomic E-state index is 0.291. The highest BCUT2D eigenvalue weighted by Gasteiger charge is 2.23. The summed E-state index contributed by atoms with van der Waals surface area (Å²) in [4.78, 5) is 0. The van der Waals surface area contributed by atoms with Gasteiger partial charge in [-0.25, -0.2) is 4.39 Å². The van der Waals surface area contributed by atoms with Gasteiger partial charge in [0.15, 0.2) is 0 Å². The molecule has 1 aliphatic carbocycles. The van der Waals surface area contributed by atoms with Crippen molar-refractivity contribution in [3.8, 4) is 11.1 Å². The molecule has 0 bridgehead atoms. The lowest BCUT2D eigenvalue weighted by molar-refractivity contribution is 0.393. The SMILES string of the molecule is C=C(c1cccc(F)c1)c1cc(-c2c(C)noc2C)cc(N)c1NCC1CC1. The molecule has 5 heteroatoms. The Bertz CT molecular complexity index is 1030. The zero-order chi connectivity index (χ0) is 19.8. The number of nitrogen functional groups attached to an aromatic ring is 1. The predicted octanol–water partition coefficient (Wildman–Crippen LogP) is 5.56. The number of benzene rings is 2. The Kier molecular flexibility index (Phi) is 4.67. The van der Waals surface area contributed by atoms with Crippen molar-refractivity contribution in [3.63, 3.8) is 0 Å². The van der Waals surface area contributed by atoms with Gasteiger partial charge in [-0.3, -0.25) is 0 Å². The quantitative estimate of drug-likeness (QED) is 0.552. The summed E-state index contributed by atoms with van der Waals surface area (Å²) in [5, 5.41) is 7.55. The monoisotopic (exact) mass is 377 g/mol. The summed E-state index contributed by atoms with van der Waals surface area (Å²) in [5.41, 5.74) is 12.9. The van der Waals surface area contributed by atoms with Crippen LogP contribution in [0.2, 0.25) is 0 Å². The Balaban J connectivity index is 1.83. The third-order valence-electron chi connectivity index (χ3n) is 5.25. The van der Waals surface area contributed by atoms with E-state index < -0.39 is 0 Å². The Labute approximate surface area is 164 Å². The minimum atomic E-state index is -0.291. The van der Waals surface area contributed by atoms with Crippen LogP contribution < -0.4 is 11.1 Å². The number of nitrogens with one attached hydrogen (secondary N) is 1. The van der Waals surface area contributed by atoms with Gasteiger partial charge < -0.3 is 15.6 Å². The molecule has 4 rings (SSSR count). The first kappa shape index (κ1) is 18.3. The van der Waals surface area contributed by atoms with Crippen LogP contribution in [0.3, 0.4) is 0 Å². The maximum atomic E-state index is 13.8. The number of nitrogens with two attached hydrogens (primary N) is 1. The third kappa shape index (κ3) is 3.52. The molecule has 1 fully saturated rings. The highest BCUT2D eigenvalue weighted by Crippen LogP contribution is 2.39. The van der Waals surface area contributed by atoms with Gasteiger partial charge >= 0.3 is 0 Å². The first-order valence-electron chi connectivity index (χ1n) is 9.50. The summed E-state index contributed by atoms with van der Waals surface area (Å²) < 4.78 is 19.1. The molecule has 144 valence electrons. The largest absolute Gasteiger partial charge is 0.397 e. The van der Waals surface area contributed by atoms with Gasteiger partial charge in [0.25, 0.3) is 0 Å². The molecule has 0 saturated heterocycles. The van der Waals surface area contributed by atoms with E-state index in [1.165, 1.54) is 25.0 Å². The van der Waals surface area contributed by atoms with Crippen molar-refractivity contribution < 1.29 is 8.91 Å². The number of nitrogens with zero attached hydrogens (tertiary/aromatic N) is 1. The summed E-state index contributed by atoms with van der Waals surface area (Å²) in [6.07, 6.45) is 2.48. The van der Waals surface area contributed by atoms with E-state index in [9.17, 15) is 4.39 Å². The number of rotatable bonds is 6. The molecule has 2 aromatic carbocycles. The van der Waals surface area contributed by atoms with Crippen molar-refractivity contribution >= 4 is 16.9 Å². The summed E-state index contributed by atoms with van der Waals surface area (Å²) >= 11 is 0. The van der Waals surface area contributed by atoms with Gasteiger partial charge in [-0.1, -0.05) is 23.9 Å². The van der Waals surface area contributed by atoms with Crippen LogP contribution in [0.4, 0.5) is 15.8 Å². The molecule has 1 heterocycles. The fraction of sp³-hybridized carbons (Fsp3) is 0.261. The molecule has 0 spiro atoms. The smallest absolute Gasteiger partial charge is 0.141 e. The number of aryl methyl sites for hydroxylation is 2. The Hall–Kier alpha value is -3.08. The molecule has 1 saturated carbocycles. The highest BCUT2D eigenvalue weighted by atomic mass is 19.1. The lowest BCUT2D eigenvalue weighted by atomic mass is 9.92. The van der Waals surface area contributed by atoms with E-state index in [-0.39, 0.29) is 5.82 Å². The fourth-order valence-electron chi connectivity index (χ4n) is 3.54. The summed E-state index contributed by atoms with van der Waals surface area (Å²) in [7, 11) is 0. The molecule has 3 aromatic rings. The van der Waals surface area contributed by atoms with Crippen LogP contribution in [0.25, 0.3) is 16.7 Å². The molecular weight excluding hydrogens is 353 g/mol. The van der Waals surface area contributed by atoms with Gasteiger partial charge in [-0.15, -0.1) is 0 Å². The maximum absolute atomic E-state index is 13.8. The van der Waals surface area contributed by atoms with E-state index in [1.54, 1.807) is 6.07 Å². The number of hydrogen-bond acceptors (Lipinski definition) is 4. The van der Waals surface area contributed by atoms with Crippen molar-refractivity contribution in [2.24, 2.45) is 5.92 Å². The fourth-order valence-corrected chi connectivity index (χ4v) is 3.54. The first-order valence-corrected chi connectivity index (χ1v) is 9.50. The molecular formula is C23H24FN3O. The number of halogens is 1. The lowest BCUT2D eigenvalue weighted by Crippen LogP contribution is -2.09. The number of aromatic nitrogens is 1. The first-order chi connectivity index (χ1) is 13.4. The molecule has 0 radical (unpaired) electrons. The van der Waals surface area contributed by atoms with E-state index in [1.807, 2.05) is 32.0 Å². The van der Waals surface area contributed by atoms with Crippen LogP contribution in [0.1, 0.15) is 35.4 Å². The van der Waals surface area contributed by atoms with Gasteiger partial charge in [-0.2, -0.15) is 0 Å². The molecule has 0 amide bonds. The average molecular weight is 377 g/mol. The van der Waals surface area contributed by atoms with E-state index in [4.69, 9.17) is 10.3 Å². The lowest BCUT2D eigenvalue weighted by Gasteiger charge is -2.18. The van der Waals surface area contributed by atoms with Gasteiger partial charge in [0.1, 0.15) is 11.6 Å². The predicted molar refractivity (Wildman–Crippen MR) is 112 cm³/mol. The highest BCUT2D eigenvalue weighted by molar-refractivity contribution is 5.93. The molecule has 1 aromatic heterocycles. The van der Waals surface area contributed by atoms with Crippen molar-refractivity contribution in [3.05, 3.63) is 71.4 Å². The van der Waals surface area contributed by atoms with Crippen molar-refractivity contribution in [2.45, 2.75) is 26.7 Å². The van der Waals surface area contributed by atoms with Crippen LogP contribution in [0.5, 0.6) is 0 Å². The van der Waals surface area contributed by atoms with Gasteiger partial charge in [0.05, 0.1) is 17.1 Å². The zero-order valence-corrected chi connectivity index (χ0v) is 16.2. The molecule has 0 atom stereocenters. The van der Waals surface area contributed by atoms with Crippen LogP contribution in [0, 0.1) is 25.6 Å². The van der Waals surface area contributed by atoms with Gasteiger partial charge in [-0.05, 0) is 73.6 Å². The van der Waals surface area contributed by atoms with E-state index >= 15 is 0 Å². The second-order valence-electron chi connectivity index (χ2n) is 7.50. The summed E-state index contributed by atoms with van der Waals surface area (Å²) in [6, 6.07) is 10.4. The van der Waals surface area contributed by atoms with Gasteiger partial charge in [0, 0.05) is 17.7 Å². The standard InChI is InChI=1S/C23H24FN3O/c1-13(17-5-4-6-19(24)9-17)20-10-18(22-14(2)27-28-15(22)3)11-21(25)23(20)26-12-16-7-8-16/h4-6,9-11,16,26H,1,7-8,12,25H2,2-3H3. The zero-order valence-electron chi connectivity index (χ0n) is 16.2. The third-order valence-corrected chi connectivity index (χ3v) is 5.25. The molecule has 28 heavy (non-hydrogen) atoms. The topological polar surface area (TPSA) is 64.1 Å². The van der Waals surface area contributed by atoms with Crippen molar-refractivity contribution in [1.29, 1.82) is 0 Å². The Morgan fingerprint density at radius 3 is 2.71 bits per heavy atom. The average Bonchev–Trinajstić information content (AvgIpc) is 3.43. The second kappa shape index (κ2) is 7.15. The molecule has 0 unspecified atom stereocenters. The van der Waals surface area contributed by atoms with Crippen molar-refractivity contribution in [2.75, 3.05) is 17.6 Å². The van der Waals surface area contributed by atoms with Gasteiger partial charge in [0.2, 0.25) is 0 Å². The molecule has 1 aliphatic rings. The summed E-state index contributed by atoms with van der Waals surface area (Å²) in [5.74, 6) is 1.14. The molecule has 0 aliphatic heterocycles. The van der Waals surface area contributed by atoms with E-state index in [2.05, 4.69) is 17.1 Å². The molecule has 3 N–H and O–H groups in total. The van der Waals surface area contributed by atoms with E-state index in [0.29, 0.717) is 11.6 Å². The number of hydrogen-bond donors (Lipinski definition) is 2. The van der Waals surface area contributed by atoms with Crippen LogP contribution in [0.15, 0.2) is 47.5 Å². The van der Waals surface area contributed by atoms with Crippen LogP contribution >= 0.6 is 0 Å². The normalized spacial score (nSPS) is 13.5. The second-order valence-corrected chi connectivity index (χ2v) is 7.50. The Morgan fingerprint density at radius 1 is 1.29 bits per heavy atom. The number of anilines is 2. The maximum Gasteiger partial charge on any atom is 0.141 e. The van der Waals surface area contributed by atoms with E-state index in [0.717, 1.165) is 51.5 Å². The summed E-state index contributed by atoms with van der Waals surface area (Å²) in [6.45, 7) is 8.91. The van der Waals surface area contributed by atoms with Crippen LogP contribution in [-0.2, 0) is 0 Å². The van der Waals surface area contributed by atoms with Crippen LogP contribution in [-0.4, -0.2) is 11.7 Å². The molecule has 4 nitrogen and oxygen atoms in total. The van der Waals surface area contributed by atoms with Crippen molar-refractivity contribution in [1.82, 2.24) is 5.16 Å².